The van der Waals surface area contributed by atoms with E-state index in [1.807, 2.05) is 18.2 Å². The molecular weight excluding hydrogens is 361 g/mol. The highest BCUT2D eigenvalue weighted by atomic mass is 35.5. The van der Waals surface area contributed by atoms with Crippen molar-refractivity contribution >= 4 is 30.7 Å². The van der Waals surface area contributed by atoms with Gasteiger partial charge in [0.2, 0.25) is 5.91 Å². The third-order valence-corrected chi connectivity index (χ3v) is 4.64. The molecule has 6 nitrogen and oxygen atoms in total. The summed E-state index contributed by atoms with van der Waals surface area (Å²) in [6, 6.07) is 8.11. The van der Waals surface area contributed by atoms with Crippen molar-refractivity contribution in [2.45, 2.75) is 44.8 Å². The quantitative estimate of drug-likeness (QED) is 0.800. The molecule has 2 aromatic rings. The van der Waals surface area contributed by atoms with Crippen LogP contribution in [0, 0.1) is 0 Å². The van der Waals surface area contributed by atoms with Gasteiger partial charge in [-0.05, 0) is 36.9 Å². The SMILES string of the molecule is CCC1(C(=O)NCc2ccccc2Cn2cncn2)CCCN1.Cl.Cl. The molecule has 1 amide bonds. The van der Waals surface area contributed by atoms with E-state index >= 15 is 0 Å². The van der Waals surface area contributed by atoms with Crippen LogP contribution in [0.4, 0.5) is 0 Å². The summed E-state index contributed by atoms with van der Waals surface area (Å²) in [7, 11) is 0. The molecule has 0 radical (unpaired) electrons. The number of halogens is 2. The van der Waals surface area contributed by atoms with Gasteiger partial charge in [-0.3, -0.25) is 4.79 Å². The van der Waals surface area contributed by atoms with Crippen LogP contribution in [0.3, 0.4) is 0 Å². The van der Waals surface area contributed by atoms with Crippen molar-refractivity contribution in [1.82, 2.24) is 25.4 Å². The molecule has 1 aliphatic heterocycles. The third kappa shape index (κ3) is 4.93. The number of nitrogens with zero attached hydrogens (tertiary/aromatic N) is 3. The number of amides is 1. The zero-order valence-corrected chi connectivity index (χ0v) is 15.9. The van der Waals surface area contributed by atoms with E-state index in [2.05, 4.69) is 33.7 Å². The molecule has 1 fully saturated rings. The van der Waals surface area contributed by atoms with Crippen molar-refractivity contribution in [3.8, 4) is 0 Å². The fraction of sp³-hybridized carbons (Fsp3) is 0.471. The monoisotopic (exact) mass is 385 g/mol. The second kappa shape index (κ2) is 9.75. The minimum Gasteiger partial charge on any atom is -0.350 e. The Bertz CT molecular complexity index is 657. The maximum absolute atomic E-state index is 12.6. The first-order valence-corrected chi connectivity index (χ1v) is 8.16. The standard InChI is InChI=1S/C17H23N5O.2ClH/c1-2-17(8-5-9-20-17)16(23)19-10-14-6-3-4-7-15(14)11-22-13-18-12-21-22;;/h3-4,6-7,12-13,20H,2,5,8-11H2,1H3,(H,19,23);2*1H. The largest absolute Gasteiger partial charge is 0.350 e. The predicted molar refractivity (Wildman–Crippen MR) is 102 cm³/mol. The molecule has 1 aliphatic rings. The molecule has 1 aromatic carbocycles. The lowest BCUT2D eigenvalue weighted by Crippen LogP contribution is -2.52. The van der Waals surface area contributed by atoms with Crippen molar-refractivity contribution in [3.63, 3.8) is 0 Å². The summed E-state index contributed by atoms with van der Waals surface area (Å²) in [5.41, 5.74) is 1.87. The van der Waals surface area contributed by atoms with Crippen LogP contribution in [0.5, 0.6) is 0 Å². The average Bonchev–Trinajstić information content (AvgIpc) is 3.26. The van der Waals surface area contributed by atoms with E-state index in [1.54, 1.807) is 11.0 Å². The highest BCUT2D eigenvalue weighted by Crippen LogP contribution is 2.23. The molecular formula is C17H25Cl2N5O. The van der Waals surface area contributed by atoms with Gasteiger partial charge in [0.25, 0.3) is 0 Å². The summed E-state index contributed by atoms with van der Waals surface area (Å²) in [4.78, 5) is 16.6. The first-order valence-electron chi connectivity index (χ1n) is 8.16. The first-order chi connectivity index (χ1) is 11.2. The Labute approximate surface area is 160 Å². The summed E-state index contributed by atoms with van der Waals surface area (Å²) >= 11 is 0. The van der Waals surface area contributed by atoms with Gasteiger partial charge < -0.3 is 10.6 Å². The van der Waals surface area contributed by atoms with Gasteiger partial charge in [-0.1, -0.05) is 31.2 Å². The van der Waals surface area contributed by atoms with Gasteiger partial charge in [-0.2, -0.15) is 5.10 Å². The summed E-state index contributed by atoms with van der Waals surface area (Å²) in [6.45, 7) is 4.18. The van der Waals surface area contributed by atoms with E-state index in [9.17, 15) is 4.79 Å². The first kappa shape index (κ1) is 21.4. The highest BCUT2D eigenvalue weighted by molar-refractivity contribution is 5.86. The number of carbonyl (C=O) groups excluding carboxylic acids is 1. The Morgan fingerprint density at radius 3 is 2.68 bits per heavy atom. The van der Waals surface area contributed by atoms with Gasteiger partial charge in [-0.25, -0.2) is 9.67 Å². The molecule has 1 atom stereocenters. The Morgan fingerprint density at radius 2 is 2.08 bits per heavy atom. The number of benzene rings is 1. The number of rotatable bonds is 6. The number of hydrogen-bond donors (Lipinski definition) is 2. The van der Waals surface area contributed by atoms with Gasteiger partial charge in [0.05, 0.1) is 12.1 Å². The molecule has 8 heteroatoms. The lowest BCUT2D eigenvalue weighted by Gasteiger charge is -2.27. The normalized spacial score (nSPS) is 18.9. The van der Waals surface area contributed by atoms with E-state index < -0.39 is 0 Å². The maximum atomic E-state index is 12.6. The molecule has 3 rings (SSSR count). The van der Waals surface area contributed by atoms with E-state index in [4.69, 9.17) is 0 Å². The summed E-state index contributed by atoms with van der Waals surface area (Å²) < 4.78 is 1.78. The zero-order valence-electron chi connectivity index (χ0n) is 14.3. The fourth-order valence-electron chi connectivity index (χ4n) is 3.18. The number of aromatic nitrogens is 3. The van der Waals surface area contributed by atoms with Crippen LogP contribution >= 0.6 is 24.8 Å². The van der Waals surface area contributed by atoms with Crippen molar-refractivity contribution in [1.29, 1.82) is 0 Å². The third-order valence-electron chi connectivity index (χ3n) is 4.64. The van der Waals surface area contributed by atoms with Crippen molar-refractivity contribution in [3.05, 3.63) is 48.0 Å². The van der Waals surface area contributed by atoms with Crippen LogP contribution in [0.1, 0.15) is 37.3 Å². The Morgan fingerprint density at radius 1 is 1.32 bits per heavy atom. The highest BCUT2D eigenvalue weighted by Gasteiger charge is 2.38. The van der Waals surface area contributed by atoms with E-state index in [0.29, 0.717) is 13.1 Å². The van der Waals surface area contributed by atoms with Gasteiger partial charge >= 0.3 is 0 Å². The molecule has 1 saturated heterocycles. The molecule has 0 spiro atoms. The van der Waals surface area contributed by atoms with Crippen LogP contribution < -0.4 is 10.6 Å². The minimum atomic E-state index is -0.388. The molecule has 0 aliphatic carbocycles. The smallest absolute Gasteiger partial charge is 0.240 e. The lowest BCUT2D eigenvalue weighted by atomic mass is 9.93. The van der Waals surface area contributed by atoms with Crippen molar-refractivity contribution < 1.29 is 4.79 Å². The van der Waals surface area contributed by atoms with Crippen molar-refractivity contribution in [2.75, 3.05) is 6.54 Å². The Balaban J connectivity index is 0.00000156. The molecule has 138 valence electrons. The molecule has 0 bridgehead atoms. The number of nitrogens with one attached hydrogen (secondary N) is 2. The number of carbonyl (C=O) groups is 1. The second-order valence-electron chi connectivity index (χ2n) is 6.01. The average molecular weight is 386 g/mol. The predicted octanol–water partition coefficient (Wildman–Crippen LogP) is 2.32. The van der Waals surface area contributed by atoms with Crippen LogP contribution in [0.2, 0.25) is 0 Å². The molecule has 0 saturated carbocycles. The second-order valence-corrected chi connectivity index (χ2v) is 6.01. The molecule has 1 unspecified atom stereocenters. The zero-order chi connectivity index (χ0) is 16.1. The minimum absolute atomic E-state index is 0. The van der Waals surface area contributed by atoms with Gasteiger partial charge in [0.1, 0.15) is 12.7 Å². The van der Waals surface area contributed by atoms with Gasteiger partial charge in [0.15, 0.2) is 0 Å². The van der Waals surface area contributed by atoms with Gasteiger partial charge in [0, 0.05) is 6.54 Å². The molecule has 2 heterocycles. The van der Waals surface area contributed by atoms with Crippen LogP contribution in [0.15, 0.2) is 36.9 Å². The number of hydrogen-bond acceptors (Lipinski definition) is 4. The Hall–Kier alpha value is -1.63. The van der Waals surface area contributed by atoms with Crippen LogP contribution in [-0.2, 0) is 17.9 Å². The summed E-state index contributed by atoms with van der Waals surface area (Å²) in [6.07, 6.45) is 6.02. The maximum Gasteiger partial charge on any atom is 0.240 e. The fourth-order valence-corrected chi connectivity index (χ4v) is 3.18. The van der Waals surface area contributed by atoms with Gasteiger partial charge in [-0.15, -0.1) is 24.8 Å². The molecule has 2 N–H and O–H groups in total. The topological polar surface area (TPSA) is 71.8 Å². The summed E-state index contributed by atoms with van der Waals surface area (Å²) in [5.74, 6) is 0.105. The van der Waals surface area contributed by atoms with Crippen LogP contribution in [-0.4, -0.2) is 32.8 Å². The lowest BCUT2D eigenvalue weighted by molar-refractivity contribution is -0.127. The Kier molecular flexibility index (Phi) is 8.35. The molecule has 1 aromatic heterocycles. The van der Waals surface area contributed by atoms with E-state index in [0.717, 1.165) is 36.9 Å². The van der Waals surface area contributed by atoms with E-state index in [-0.39, 0.29) is 36.3 Å². The molecule has 25 heavy (non-hydrogen) atoms. The van der Waals surface area contributed by atoms with Crippen molar-refractivity contribution in [2.24, 2.45) is 0 Å². The van der Waals surface area contributed by atoms with Crippen LogP contribution in [0.25, 0.3) is 0 Å². The van der Waals surface area contributed by atoms with E-state index in [1.165, 1.54) is 6.33 Å². The summed E-state index contributed by atoms with van der Waals surface area (Å²) in [5, 5.41) is 10.6.